The molecule has 0 atom stereocenters. The maximum absolute atomic E-state index is 12.3. The van der Waals surface area contributed by atoms with Gasteiger partial charge in [-0.3, -0.25) is 9.59 Å². The van der Waals surface area contributed by atoms with Crippen molar-refractivity contribution in [1.29, 1.82) is 0 Å². The molecule has 1 aliphatic carbocycles. The van der Waals surface area contributed by atoms with Crippen LogP contribution in [0.15, 0.2) is 36.5 Å². The molecule has 1 aromatic carbocycles. The number of pyridine rings is 1. The molecule has 0 unspecified atom stereocenters. The Kier molecular flexibility index (Phi) is 5.19. The number of nitrogens with one attached hydrogen (secondary N) is 1. The molecule has 3 rings (SSSR count). The number of carbonyl (C=O) groups excluding carboxylic acids is 1. The molecule has 2 N–H and O–H groups in total. The lowest BCUT2D eigenvalue weighted by molar-refractivity contribution is -0.136. The molecule has 2 aromatic rings. The van der Waals surface area contributed by atoms with Gasteiger partial charge in [-0.2, -0.15) is 0 Å². The van der Waals surface area contributed by atoms with Crippen LogP contribution in [0, 0.1) is 5.92 Å². The molecule has 6 nitrogen and oxygen atoms in total. The van der Waals surface area contributed by atoms with E-state index >= 15 is 0 Å². The lowest BCUT2D eigenvalue weighted by Gasteiger charge is -2.09. The third-order valence-electron chi connectivity index (χ3n) is 3.76. The van der Waals surface area contributed by atoms with Crippen LogP contribution in [0.5, 0.6) is 5.88 Å². The predicted molar refractivity (Wildman–Crippen MR) is 93.2 cm³/mol. The second kappa shape index (κ2) is 7.53. The van der Waals surface area contributed by atoms with Gasteiger partial charge < -0.3 is 15.2 Å². The number of amides is 1. The molecule has 0 saturated heterocycles. The first-order valence-corrected chi connectivity index (χ1v) is 8.29. The molecule has 1 aliphatic rings. The van der Waals surface area contributed by atoms with E-state index in [2.05, 4.69) is 10.3 Å². The summed E-state index contributed by atoms with van der Waals surface area (Å²) in [5.41, 5.74) is 1.41. The Morgan fingerprint density at radius 2 is 2.12 bits per heavy atom. The number of benzene rings is 1. The zero-order chi connectivity index (χ0) is 17.8. The van der Waals surface area contributed by atoms with Gasteiger partial charge >= 0.3 is 5.97 Å². The first-order chi connectivity index (χ1) is 12.0. The van der Waals surface area contributed by atoms with Crippen molar-refractivity contribution in [2.24, 2.45) is 5.92 Å². The maximum atomic E-state index is 12.3. The maximum Gasteiger partial charge on any atom is 0.307 e. The Labute approximate surface area is 149 Å². The molecule has 0 bridgehead atoms. The van der Waals surface area contributed by atoms with Crippen LogP contribution in [0.25, 0.3) is 0 Å². The number of hydrogen-bond donors (Lipinski definition) is 2. The van der Waals surface area contributed by atoms with Crippen molar-refractivity contribution in [3.8, 4) is 5.88 Å². The summed E-state index contributed by atoms with van der Waals surface area (Å²) in [6, 6.07) is 8.19. The van der Waals surface area contributed by atoms with E-state index in [1.54, 1.807) is 24.3 Å². The van der Waals surface area contributed by atoms with Crippen LogP contribution in [0.4, 0.5) is 5.69 Å². The van der Waals surface area contributed by atoms with E-state index in [-0.39, 0.29) is 17.4 Å². The fraction of sp³-hybridized carbons (Fsp3) is 0.278. The number of carbonyl (C=O) groups is 2. The molecule has 25 heavy (non-hydrogen) atoms. The van der Waals surface area contributed by atoms with E-state index in [1.165, 1.54) is 25.1 Å². The Bertz CT molecular complexity index is 805. The Morgan fingerprint density at radius 1 is 1.32 bits per heavy atom. The number of ether oxygens (including phenoxy) is 1. The van der Waals surface area contributed by atoms with E-state index in [1.807, 2.05) is 0 Å². The molecule has 0 radical (unpaired) electrons. The molecule has 7 heteroatoms. The number of carboxylic acid groups (broad SMARTS) is 1. The highest BCUT2D eigenvalue weighted by molar-refractivity contribution is 6.32. The fourth-order valence-electron chi connectivity index (χ4n) is 2.27. The van der Waals surface area contributed by atoms with Crippen molar-refractivity contribution in [2.45, 2.75) is 19.3 Å². The van der Waals surface area contributed by atoms with Crippen molar-refractivity contribution in [3.05, 3.63) is 52.7 Å². The number of rotatable bonds is 7. The van der Waals surface area contributed by atoms with Crippen LogP contribution in [0.1, 0.15) is 28.8 Å². The molecule has 0 aliphatic heterocycles. The lowest BCUT2D eigenvalue weighted by atomic mass is 10.1. The summed E-state index contributed by atoms with van der Waals surface area (Å²) in [6.45, 7) is 0.592. The van der Waals surface area contributed by atoms with E-state index in [9.17, 15) is 9.59 Å². The van der Waals surface area contributed by atoms with Crippen molar-refractivity contribution in [2.75, 3.05) is 11.9 Å². The summed E-state index contributed by atoms with van der Waals surface area (Å²) < 4.78 is 5.54. The Balaban J connectivity index is 1.66. The van der Waals surface area contributed by atoms with Gasteiger partial charge in [0.1, 0.15) is 5.02 Å². The zero-order valence-electron chi connectivity index (χ0n) is 13.4. The van der Waals surface area contributed by atoms with E-state index < -0.39 is 5.97 Å². The summed E-state index contributed by atoms with van der Waals surface area (Å²) in [7, 11) is 0. The summed E-state index contributed by atoms with van der Waals surface area (Å²) in [5, 5.41) is 11.8. The topological polar surface area (TPSA) is 88.5 Å². The molecule has 1 fully saturated rings. The van der Waals surface area contributed by atoms with E-state index in [0.29, 0.717) is 35.2 Å². The number of carboxylic acids is 1. The van der Waals surface area contributed by atoms with Crippen molar-refractivity contribution in [3.63, 3.8) is 0 Å². The SMILES string of the molecule is O=C(O)Cc1cccc(NC(=O)c2cnc(OCC3CC3)c(Cl)c2)c1. The third-order valence-corrected chi connectivity index (χ3v) is 4.03. The fourth-order valence-corrected chi connectivity index (χ4v) is 2.49. The van der Waals surface area contributed by atoms with Gasteiger partial charge in [-0.15, -0.1) is 0 Å². The Hall–Kier alpha value is -2.60. The first-order valence-electron chi connectivity index (χ1n) is 7.91. The molecule has 1 heterocycles. The monoisotopic (exact) mass is 360 g/mol. The second-order valence-corrected chi connectivity index (χ2v) is 6.40. The van der Waals surface area contributed by atoms with Crippen LogP contribution in [0.2, 0.25) is 5.02 Å². The van der Waals surface area contributed by atoms with Gasteiger partial charge in [-0.25, -0.2) is 4.98 Å². The number of anilines is 1. The van der Waals surface area contributed by atoms with Crippen molar-refractivity contribution >= 4 is 29.2 Å². The number of aliphatic carboxylic acids is 1. The highest BCUT2D eigenvalue weighted by Gasteiger charge is 2.22. The number of aromatic nitrogens is 1. The van der Waals surface area contributed by atoms with Crippen LogP contribution < -0.4 is 10.1 Å². The average molecular weight is 361 g/mol. The molecule has 1 amide bonds. The molecular weight excluding hydrogens is 344 g/mol. The minimum absolute atomic E-state index is 0.107. The summed E-state index contributed by atoms with van der Waals surface area (Å²) in [4.78, 5) is 27.2. The van der Waals surface area contributed by atoms with Gasteiger partial charge in [0, 0.05) is 11.9 Å². The molecule has 130 valence electrons. The van der Waals surface area contributed by atoms with Crippen molar-refractivity contribution in [1.82, 2.24) is 4.98 Å². The van der Waals surface area contributed by atoms with Gasteiger partial charge in [-0.05, 0) is 42.5 Å². The molecule has 1 aromatic heterocycles. The van der Waals surface area contributed by atoms with Crippen LogP contribution in [-0.2, 0) is 11.2 Å². The normalized spacial score (nSPS) is 13.3. The van der Waals surface area contributed by atoms with Gasteiger partial charge in [-0.1, -0.05) is 23.7 Å². The molecule has 1 saturated carbocycles. The Morgan fingerprint density at radius 3 is 2.80 bits per heavy atom. The molecular formula is C18H17ClN2O4. The molecule has 0 spiro atoms. The van der Waals surface area contributed by atoms with Gasteiger partial charge in [0.15, 0.2) is 0 Å². The lowest BCUT2D eigenvalue weighted by Crippen LogP contribution is -2.13. The van der Waals surface area contributed by atoms with E-state index in [0.717, 1.165) is 0 Å². The van der Waals surface area contributed by atoms with Crippen LogP contribution in [-0.4, -0.2) is 28.6 Å². The third kappa shape index (κ3) is 4.93. The largest absolute Gasteiger partial charge is 0.481 e. The summed E-state index contributed by atoms with van der Waals surface area (Å²) in [6.07, 6.45) is 3.63. The smallest absolute Gasteiger partial charge is 0.307 e. The standard InChI is InChI=1S/C18H17ClN2O4/c19-15-8-13(9-20-18(15)25-10-11-4-5-11)17(24)21-14-3-1-2-12(6-14)7-16(22)23/h1-3,6,8-9,11H,4-5,7,10H2,(H,21,24)(H,22,23). The quantitative estimate of drug-likeness (QED) is 0.790. The number of nitrogens with zero attached hydrogens (tertiary/aromatic N) is 1. The minimum Gasteiger partial charge on any atom is -0.481 e. The highest BCUT2D eigenvalue weighted by Crippen LogP contribution is 2.31. The zero-order valence-corrected chi connectivity index (χ0v) is 14.1. The predicted octanol–water partition coefficient (Wildman–Crippen LogP) is 3.40. The average Bonchev–Trinajstić information content (AvgIpc) is 3.37. The highest BCUT2D eigenvalue weighted by atomic mass is 35.5. The van der Waals surface area contributed by atoms with Gasteiger partial charge in [0.25, 0.3) is 5.91 Å². The van der Waals surface area contributed by atoms with Gasteiger partial charge in [0.05, 0.1) is 18.6 Å². The summed E-state index contributed by atoms with van der Waals surface area (Å²) >= 11 is 6.13. The second-order valence-electron chi connectivity index (χ2n) is 5.99. The van der Waals surface area contributed by atoms with Crippen LogP contribution in [0.3, 0.4) is 0 Å². The number of halogens is 1. The van der Waals surface area contributed by atoms with E-state index in [4.69, 9.17) is 21.4 Å². The van der Waals surface area contributed by atoms with Crippen molar-refractivity contribution < 1.29 is 19.4 Å². The minimum atomic E-state index is -0.929. The summed E-state index contributed by atoms with van der Waals surface area (Å²) in [5.74, 6) is -0.399. The first kappa shape index (κ1) is 17.2. The van der Waals surface area contributed by atoms with Gasteiger partial charge in [0.2, 0.25) is 5.88 Å². The number of hydrogen-bond acceptors (Lipinski definition) is 4. The van der Waals surface area contributed by atoms with Crippen LogP contribution >= 0.6 is 11.6 Å².